The van der Waals surface area contributed by atoms with Gasteiger partial charge in [-0.25, -0.2) is 4.79 Å². The third-order valence-electron chi connectivity index (χ3n) is 5.88. The molecule has 0 radical (unpaired) electrons. The topological polar surface area (TPSA) is 105 Å². The summed E-state index contributed by atoms with van der Waals surface area (Å²) in [6.45, 7) is 9.88. The zero-order valence-corrected chi connectivity index (χ0v) is 19.6. The van der Waals surface area contributed by atoms with E-state index in [1.807, 2.05) is 51.1 Å². The summed E-state index contributed by atoms with van der Waals surface area (Å²) in [5.41, 5.74) is 0.471. The first kappa shape index (κ1) is 25.4. The number of carbonyl (C=O) groups is 4. The van der Waals surface area contributed by atoms with E-state index in [9.17, 15) is 19.2 Å². The highest BCUT2D eigenvalue weighted by atomic mass is 16.6. The summed E-state index contributed by atoms with van der Waals surface area (Å²) < 4.78 is 5.57. The number of Topliss-reactive ketones (excluding diaryl/α,β-unsaturated/α-hetero) is 1. The van der Waals surface area contributed by atoms with E-state index in [0.717, 1.165) is 12.0 Å². The van der Waals surface area contributed by atoms with Crippen molar-refractivity contribution in [1.82, 2.24) is 15.5 Å². The maximum atomic E-state index is 12.8. The van der Waals surface area contributed by atoms with E-state index >= 15 is 0 Å². The molecular weight excluding hydrogens is 410 g/mol. The van der Waals surface area contributed by atoms with Crippen LogP contribution in [-0.2, 0) is 19.1 Å². The van der Waals surface area contributed by atoms with E-state index in [1.165, 1.54) is 6.92 Å². The van der Waals surface area contributed by atoms with Crippen molar-refractivity contribution in [3.8, 4) is 0 Å². The van der Waals surface area contributed by atoms with Crippen molar-refractivity contribution in [1.29, 1.82) is 0 Å². The third kappa shape index (κ3) is 6.80. The number of benzene rings is 1. The normalized spacial score (nSPS) is 19.0. The van der Waals surface area contributed by atoms with Crippen LogP contribution in [0.3, 0.4) is 0 Å². The quantitative estimate of drug-likeness (QED) is 0.569. The van der Waals surface area contributed by atoms with Gasteiger partial charge in [-0.2, -0.15) is 0 Å². The first-order chi connectivity index (χ1) is 15.0. The highest BCUT2D eigenvalue weighted by molar-refractivity contribution is 6.38. The fourth-order valence-corrected chi connectivity index (χ4v) is 3.78. The van der Waals surface area contributed by atoms with E-state index in [1.54, 1.807) is 11.8 Å². The van der Waals surface area contributed by atoms with Gasteiger partial charge >= 0.3 is 6.09 Å². The van der Waals surface area contributed by atoms with Crippen molar-refractivity contribution >= 4 is 23.7 Å². The predicted octanol–water partition coefficient (Wildman–Crippen LogP) is 2.97. The lowest BCUT2D eigenvalue weighted by atomic mass is 9.90. The van der Waals surface area contributed by atoms with Gasteiger partial charge < -0.3 is 20.3 Å². The Morgan fingerprint density at radius 1 is 1.16 bits per heavy atom. The molecule has 0 aliphatic carbocycles. The second-order valence-electron chi connectivity index (χ2n) is 9.09. The maximum absolute atomic E-state index is 12.8. The Bertz CT molecular complexity index is 824. The lowest BCUT2D eigenvalue weighted by molar-refractivity contribution is -0.139. The third-order valence-corrected chi connectivity index (χ3v) is 5.88. The summed E-state index contributed by atoms with van der Waals surface area (Å²) in [7, 11) is 0. The molecule has 1 aliphatic heterocycles. The standard InChI is InChI=1S/C24H35N3O5/c1-6-7-13-19(21(29)22(30)25-16(2)18-11-9-8-10-12-18)26-23(31)32-20-14-27(17(3)28)15-24(20,4)5/h8-12,16,19-20H,6-7,13-15H2,1-5H3,(H,25,30)(H,26,31)/t16-,19+,20-/m1/s1. The fourth-order valence-electron chi connectivity index (χ4n) is 3.78. The average molecular weight is 446 g/mol. The number of ketones is 1. The summed E-state index contributed by atoms with van der Waals surface area (Å²) >= 11 is 0. The van der Waals surface area contributed by atoms with E-state index in [2.05, 4.69) is 10.6 Å². The van der Waals surface area contributed by atoms with Gasteiger partial charge in [0.2, 0.25) is 11.7 Å². The molecule has 1 aromatic rings. The Kier molecular flexibility index (Phi) is 8.80. The largest absolute Gasteiger partial charge is 0.444 e. The van der Waals surface area contributed by atoms with Gasteiger partial charge in [0.05, 0.1) is 12.6 Å². The van der Waals surface area contributed by atoms with Crippen LogP contribution >= 0.6 is 0 Å². The van der Waals surface area contributed by atoms with Crippen LogP contribution in [-0.4, -0.2) is 53.8 Å². The molecule has 0 unspecified atom stereocenters. The van der Waals surface area contributed by atoms with Gasteiger partial charge in [-0.3, -0.25) is 14.4 Å². The molecule has 1 fully saturated rings. The van der Waals surface area contributed by atoms with E-state index < -0.39 is 35.3 Å². The monoisotopic (exact) mass is 445 g/mol. The molecule has 176 valence electrons. The molecular formula is C24H35N3O5. The van der Waals surface area contributed by atoms with Crippen LogP contribution in [0.1, 0.15) is 65.5 Å². The molecule has 2 rings (SSSR count). The molecule has 3 amide bonds. The van der Waals surface area contributed by atoms with E-state index in [-0.39, 0.29) is 11.9 Å². The number of unbranched alkanes of at least 4 members (excludes halogenated alkanes) is 1. The van der Waals surface area contributed by atoms with Crippen molar-refractivity contribution in [2.75, 3.05) is 13.1 Å². The molecule has 1 aromatic carbocycles. The molecule has 1 aliphatic rings. The van der Waals surface area contributed by atoms with Gasteiger partial charge in [0.15, 0.2) is 0 Å². The Balaban J connectivity index is 2.00. The predicted molar refractivity (Wildman–Crippen MR) is 121 cm³/mol. The number of nitrogens with zero attached hydrogens (tertiary/aromatic N) is 1. The summed E-state index contributed by atoms with van der Waals surface area (Å²) in [5, 5.41) is 5.29. The van der Waals surface area contributed by atoms with Gasteiger partial charge in [-0.15, -0.1) is 0 Å². The Morgan fingerprint density at radius 3 is 2.38 bits per heavy atom. The molecule has 32 heavy (non-hydrogen) atoms. The van der Waals surface area contributed by atoms with Crippen LogP contribution in [0.15, 0.2) is 30.3 Å². The van der Waals surface area contributed by atoms with Gasteiger partial charge in [0, 0.05) is 18.9 Å². The van der Waals surface area contributed by atoms with Gasteiger partial charge in [0.25, 0.3) is 5.91 Å². The molecule has 2 N–H and O–H groups in total. The molecule has 1 saturated heterocycles. The van der Waals surface area contributed by atoms with Crippen LogP contribution in [0.25, 0.3) is 0 Å². The minimum Gasteiger partial charge on any atom is -0.444 e. The van der Waals surface area contributed by atoms with Crippen molar-refractivity contribution in [3.63, 3.8) is 0 Å². The van der Waals surface area contributed by atoms with E-state index in [4.69, 9.17) is 4.74 Å². The number of hydrogen-bond acceptors (Lipinski definition) is 5. The zero-order valence-electron chi connectivity index (χ0n) is 19.6. The lowest BCUT2D eigenvalue weighted by Gasteiger charge is -2.26. The minimum absolute atomic E-state index is 0.0789. The highest BCUT2D eigenvalue weighted by Crippen LogP contribution is 2.32. The average Bonchev–Trinajstić information content (AvgIpc) is 3.05. The van der Waals surface area contributed by atoms with Crippen LogP contribution in [0.5, 0.6) is 0 Å². The SMILES string of the molecule is CCCC[C@H](NC(=O)O[C@@H]1CN(C(C)=O)CC1(C)C)C(=O)C(=O)N[C@H](C)c1ccccc1. The lowest BCUT2D eigenvalue weighted by Crippen LogP contribution is -2.49. The molecule has 3 atom stereocenters. The summed E-state index contributed by atoms with van der Waals surface area (Å²) in [6, 6.07) is 8.02. The number of nitrogens with one attached hydrogen (secondary N) is 2. The Hall–Kier alpha value is -2.90. The van der Waals surface area contributed by atoms with Gasteiger partial charge in [-0.1, -0.05) is 63.9 Å². The first-order valence-corrected chi connectivity index (χ1v) is 11.2. The fraction of sp³-hybridized carbons (Fsp3) is 0.583. The minimum atomic E-state index is -0.973. The highest BCUT2D eigenvalue weighted by Gasteiger charge is 2.43. The summed E-state index contributed by atoms with van der Waals surface area (Å²) in [6.07, 6.45) is 0.564. The molecule has 0 aromatic heterocycles. The van der Waals surface area contributed by atoms with Crippen molar-refractivity contribution in [2.45, 2.75) is 72.1 Å². The van der Waals surface area contributed by atoms with Crippen molar-refractivity contribution in [3.05, 3.63) is 35.9 Å². The number of carbonyl (C=O) groups excluding carboxylic acids is 4. The Labute approximate surface area is 190 Å². The summed E-state index contributed by atoms with van der Waals surface area (Å²) in [5.74, 6) is -1.52. The number of amides is 3. The van der Waals surface area contributed by atoms with Crippen LogP contribution in [0, 0.1) is 5.41 Å². The number of alkyl carbamates (subject to hydrolysis) is 1. The van der Waals surface area contributed by atoms with Crippen molar-refractivity contribution in [2.24, 2.45) is 5.41 Å². The van der Waals surface area contributed by atoms with Crippen LogP contribution < -0.4 is 10.6 Å². The number of likely N-dealkylation sites (tertiary alicyclic amines) is 1. The summed E-state index contributed by atoms with van der Waals surface area (Å²) in [4.78, 5) is 51.3. The maximum Gasteiger partial charge on any atom is 0.408 e. The number of rotatable bonds is 9. The molecule has 8 heteroatoms. The van der Waals surface area contributed by atoms with Crippen LogP contribution in [0.2, 0.25) is 0 Å². The number of hydrogen-bond donors (Lipinski definition) is 2. The van der Waals surface area contributed by atoms with Gasteiger partial charge in [0.1, 0.15) is 12.1 Å². The van der Waals surface area contributed by atoms with Crippen molar-refractivity contribution < 1.29 is 23.9 Å². The zero-order chi connectivity index (χ0) is 23.9. The molecule has 1 heterocycles. The molecule has 0 bridgehead atoms. The smallest absolute Gasteiger partial charge is 0.408 e. The molecule has 0 saturated carbocycles. The second-order valence-corrected chi connectivity index (χ2v) is 9.09. The van der Waals surface area contributed by atoms with E-state index in [0.29, 0.717) is 25.9 Å². The van der Waals surface area contributed by atoms with Gasteiger partial charge in [-0.05, 0) is 18.9 Å². The molecule has 0 spiro atoms. The Morgan fingerprint density at radius 2 is 1.81 bits per heavy atom. The number of ether oxygens (including phenoxy) is 1. The first-order valence-electron chi connectivity index (χ1n) is 11.2. The molecule has 8 nitrogen and oxygen atoms in total. The van der Waals surface area contributed by atoms with Crippen LogP contribution in [0.4, 0.5) is 4.79 Å². The second kappa shape index (κ2) is 11.1.